The molecule has 0 aliphatic heterocycles. The van der Waals surface area contributed by atoms with E-state index < -0.39 is 0 Å². The number of carbonyl (C=O) groups excluding carboxylic acids is 1. The number of carbonyl (C=O) groups is 1. The largest absolute Gasteiger partial charge is 0.346 e. The van der Waals surface area contributed by atoms with Crippen LogP contribution in [0.3, 0.4) is 0 Å². The molecular formula is C15H14N4OS. The molecule has 6 heteroatoms. The van der Waals surface area contributed by atoms with Crippen molar-refractivity contribution in [3.63, 3.8) is 0 Å². The zero-order valence-electron chi connectivity index (χ0n) is 11.5. The fourth-order valence-corrected chi connectivity index (χ4v) is 2.67. The molecule has 1 N–H and O–H groups in total. The molecule has 3 rings (SSSR count). The van der Waals surface area contributed by atoms with Crippen LogP contribution < -0.4 is 5.32 Å². The molecule has 0 aromatic carbocycles. The number of nitrogens with zero attached hydrogens (tertiary/aromatic N) is 3. The van der Waals surface area contributed by atoms with Crippen molar-refractivity contribution < 1.29 is 4.79 Å². The smallest absolute Gasteiger partial charge is 0.253 e. The highest BCUT2D eigenvalue weighted by Crippen LogP contribution is 2.23. The summed E-state index contributed by atoms with van der Waals surface area (Å²) in [5.74, 6) is -0.137. The van der Waals surface area contributed by atoms with Gasteiger partial charge in [0.1, 0.15) is 5.69 Å². The van der Waals surface area contributed by atoms with Crippen LogP contribution in [-0.2, 0) is 13.6 Å². The summed E-state index contributed by atoms with van der Waals surface area (Å²) in [7, 11) is 1.88. The number of aromatic nitrogens is 3. The minimum Gasteiger partial charge on any atom is -0.346 e. The summed E-state index contributed by atoms with van der Waals surface area (Å²) in [6, 6.07) is 9.51. The number of amides is 1. The maximum absolute atomic E-state index is 12.0. The first-order chi connectivity index (χ1) is 10.2. The second-order valence-electron chi connectivity index (χ2n) is 4.55. The molecule has 3 aromatic rings. The monoisotopic (exact) mass is 298 g/mol. The van der Waals surface area contributed by atoms with Crippen molar-refractivity contribution in [2.75, 3.05) is 0 Å². The van der Waals surface area contributed by atoms with E-state index in [2.05, 4.69) is 15.4 Å². The van der Waals surface area contributed by atoms with E-state index in [4.69, 9.17) is 0 Å². The molecule has 0 bridgehead atoms. The third-order valence-electron chi connectivity index (χ3n) is 3.10. The summed E-state index contributed by atoms with van der Waals surface area (Å²) in [5, 5.41) is 9.37. The van der Waals surface area contributed by atoms with Crippen LogP contribution in [0.5, 0.6) is 0 Å². The number of thiophene rings is 1. The lowest BCUT2D eigenvalue weighted by Gasteiger charge is -2.04. The van der Waals surface area contributed by atoms with Gasteiger partial charge in [-0.2, -0.15) is 5.10 Å². The van der Waals surface area contributed by atoms with Crippen molar-refractivity contribution in [1.29, 1.82) is 0 Å². The first-order valence-electron chi connectivity index (χ1n) is 6.49. The second kappa shape index (κ2) is 5.88. The Morgan fingerprint density at radius 3 is 3.00 bits per heavy atom. The van der Waals surface area contributed by atoms with Gasteiger partial charge in [0.2, 0.25) is 0 Å². The van der Waals surface area contributed by atoms with Gasteiger partial charge in [-0.3, -0.25) is 14.5 Å². The molecule has 0 spiro atoms. The molecule has 0 unspecified atom stereocenters. The summed E-state index contributed by atoms with van der Waals surface area (Å²) in [6.07, 6.45) is 3.20. The molecule has 0 saturated carbocycles. The van der Waals surface area contributed by atoms with Crippen LogP contribution in [0.4, 0.5) is 0 Å². The fraction of sp³-hybridized carbons (Fsp3) is 0.133. The van der Waals surface area contributed by atoms with E-state index >= 15 is 0 Å². The lowest BCUT2D eigenvalue weighted by atomic mass is 10.2. The number of hydrogen-bond acceptors (Lipinski definition) is 4. The maximum atomic E-state index is 12.0. The number of pyridine rings is 1. The van der Waals surface area contributed by atoms with Gasteiger partial charge in [-0.15, -0.1) is 11.3 Å². The second-order valence-corrected chi connectivity index (χ2v) is 5.49. The fourth-order valence-electron chi connectivity index (χ4n) is 1.99. The molecule has 0 saturated heterocycles. The van der Waals surface area contributed by atoms with Crippen molar-refractivity contribution >= 4 is 17.2 Å². The van der Waals surface area contributed by atoms with E-state index in [1.165, 1.54) is 0 Å². The highest BCUT2D eigenvalue weighted by Gasteiger charge is 2.10. The normalized spacial score (nSPS) is 10.5. The Labute approximate surface area is 126 Å². The molecule has 106 valence electrons. The summed E-state index contributed by atoms with van der Waals surface area (Å²) in [4.78, 5) is 17.0. The quantitative estimate of drug-likeness (QED) is 0.805. The van der Waals surface area contributed by atoms with Crippen LogP contribution in [0.25, 0.3) is 10.6 Å². The molecule has 5 nitrogen and oxygen atoms in total. The minimum atomic E-state index is -0.137. The standard InChI is InChI=1S/C15H14N4OS/c1-19-12(8-13(18-19)14-5-3-7-21-14)10-17-15(20)11-4-2-6-16-9-11/h2-9H,10H2,1H3,(H,17,20). The Kier molecular flexibility index (Phi) is 3.79. The van der Waals surface area contributed by atoms with Crippen molar-refractivity contribution in [1.82, 2.24) is 20.1 Å². The number of rotatable bonds is 4. The van der Waals surface area contributed by atoms with Gasteiger partial charge in [-0.1, -0.05) is 6.07 Å². The van der Waals surface area contributed by atoms with Crippen molar-refractivity contribution in [3.8, 4) is 10.6 Å². The number of hydrogen-bond donors (Lipinski definition) is 1. The van der Waals surface area contributed by atoms with Gasteiger partial charge in [0, 0.05) is 19.4 Å². The Balaban J connectivity index is 1.70. The van der Waals surface area contributed by atoms with Crippen LogP contribution in [0, 0.1) is 0 Å². The van der Waals surface area contributed by atoms with Crippen LogP contribution in [0.2, 0.25) is 0 Å². The number of aryl methyl sites for hydroxylation is 1. The summed E-state index contributed by atoms with van der Waals surface area (Å²) >= 11 is 1.65. The lowest BCUT2D eigenvalue weighted by molar-refractivity contribution is 0.0949. The molecule has 0 aliphatic rings. The Morgan fingerprint density at radius 2 is 2.29 bits per heavy atom. The first-order valence-corrected chi connectivity index (χ1v) is 7.37. The minimum absolute atomic E-state index is 0.137. The zero-order valence-corrected chi connectivity index (χ0v) is 12.3. The van der Waals surface area contributed by atoms with Crippen LogP contribution in [0.1, 0.15) is 16.1 Å². The van der Waals surface area contributed by atoms with Crippen LogP contribution in [0.15, 0.2) is 48.1 Å². The van der Waals surface area contributed by atoms with Gasteiger partial charge in [0.15, 0.2) is 0 Å². The molecule has 0 radical (unpaired) electrons. The molecule has 0 atom stereocenters. The molecule has 21 heavy (non-hydrogen) atoms. The molecule has 1 amide bonds. The van der Waals surface area contributed by atoms with E-state index in [9.17, 15) is 4.79 Å². The SMILES string of the molecule is Cn1nc(-c2cccs2)cc1CNC(=O)c1cccnc1. The topological polar surface area (TPSA) is 59.8 Å². The van der Waals surface area contributed by atoms with Crippen LogP contribution >= 0.6 is 11.3 Å². The van der Waals surface area contributed by atoms with E-state index in [0.29, 0.717) is 12.1 Å². The lowest BCUT2D eigenvalue weighted by Crippen LogP contribution is -2.24. The van der Waals surface area contributed by atoms with Crippen molar-refractivity contribution in [2.24, 2.45) is 7.05 Å². The third kappa shape index (κ3) is 3.00. The predicted octanol–water partition coefficient (Wildman–Crippen LogP) is 2.47. The van der Waals surface area contributed by atoms with Gasteiger partial charge < -0.3 is 5.32 Å². The molecular weight excluding hydrogens is 284 g/mol. The molecule has 0 fully saturated rings. The van der Waals surface area contributed by atoms with E-state index in [1.54, 1.807) is 40.5 Å². The Bertz CT molecular complexity index is 734. The number of nitrogens with one attached hydrogen (secondary N) is 1. The van der Waals surface area contributed by atoms with E-state index in [0.717, 1.165) is 16.3 Å². The van der Waals surface area contributed by atoms with Gasteiger partial charge in [-0.25, -0.2) is 0 Å². The summed E-state index contributed by atoms with van der Waals surface area (Å²) < 4.78 is 1.79. The zero-order chi connectivity index (χ0) is 14.7. The van der Waals surface area contributed by atoms with Gasteiger partial charge in [0.05, 0.1) is 22.7 Å². The summed E-state index contributed by atoms with van der Waals surface area (Å²) in [5.41, 5.74) is 2.44. The maximum Gasteiger partial charge on any atom is 0.253 e. The highest BCUT2D eigenvalue weighted by molar-refractivity contribution is 7.13. The molecule has 3 aromatic heterocycles. The average Bonchev–Trinajstić information content (AvgIpc) is 3.15. The first kappa shape index (κ1) is 13.5. The average molecular weight is 298 g/mol. The Morgan fingerprint density at radius 1 is 1.38 bits per heavy atom. The third-order valence-corrected chi connectivity index (χ3v) is 4.00. The van der Waals surface area contributed by atoms with Gasteiger partial charge in [0.25, 0.3) is 5.91 Å². The van der Waals surface area contributed by atoms with Crippen molar-refractivity contribution in [2.45, 2.75) is 6.54 Å². The van der Waals surface area contributed by atoms with Crippen LogP contribution in [-0.4, -0.2) is 20.7 Å². The van der Waals surface area contributed by atoms with Gasteiger partial charge >= 0.3 is 0 Å². The highest BCUT2D eigenvalue weighted by atomic mass is 32.1. The van der Waals surface area contributed by atoms with E-state index in [-0.39, 0.29) is 5.91 Å². The summed E-state index contributed by atoms with van der Waals surface area (Å²) in [6.45, 7) is 0.433. The van der Waals surface area contributed by atoms with Crippen molar-refractivity contribution in [3.05, 3.63) is 59.4 Å². The molecule has 3 heterocycles. The molecule has 0 aliphatic carbocycles. The van der Waals surface area contributed by atoms with Gasteiger partial charge in [-0.05, 0) is 29.6 Å². The predicted molar refractivity (Wildman–Crippen MR) is 81.9 cm³/mol. The van der Waals surface area contributed by atoms with E-state index in [1.807, 2.05) is 30.6 Å². The Hall–Kier alpha value is -2.47.